The van der Waals surface area contributed by atoms with E-state index in [1.54, 1.807) is 21.6 Å². The van der Waals surface area contributed by atoms with E-state index < -0.39 is 6.04 Å². The van der Waals surface area contributed by atoms with Gasteiger partial charge in [-0.15, -0.1) is 0 Å². The van der Waals surface area contributed by atoms with E-state index in [0.29, 0.717) is 40.6 Å². The predicted molar refractivity (Wildman–Crippen MR) is 144 cm³/mol. The minimum absolute atomic E-state index is 0.0623. The number of fused-ring (bicyclic) bond motifs is 1. The van der Waals surface area contributed by atoms with Crippen molar-refractivity contribution in [1.82, 2.24) is 14.5 Å². The fourth-order valence-electron chi connectivity index (χ4n) is 4.33. The number of ether oxygens (including phenoxy) is 1. The summed E-state index contributed by atoms with van der Waals surface area (Å²) in [5.74, 6) is 0.325. The highest BCUT2D eigenvalue weighted by Gasteiger charge is 2.27. The predicted octanol–water partition coefficient (Wildman–Crippen LogP) is 5.86. The highest BCUT2D eigenvalue weighted by Crippen LogP contribution is 2.27. The molecule has 36 heavy (non-hydrogen) atoms. The maximum absolute atomic E-state index is 13.7. The van der Waals surface area contributed by atoms with Crippen molar-refractivity contribution in [1.29, 1.82) is 0 Å². The molecular weight excluding hydrogens is 474 g/mol. The number of halogens is 1. The van der Waals surface area contributed by atoms with Gasteiger partial charge in [0, 0.05) is 11.6 Å². The zero-order valence-electron chi connectivity index (χ0n) is 20.8. The van der Waals surface area contributed by atoms with Crippen LogP contribution < -0.4 is 5.56 Å². The lowest BCUT2D eigenvalue weighted by Crippen LogP contribution is -2.39. The zero-order valence-corrected chi connectivity index (χ0v) is 21.5. The van der Waals surface area contributed by atoms with E-state index in [2.05, 4.69) is 0 Å². The van der Waals surface area contributed by atoms with Crippen molar-refractivity contribution < 1.29 is 9.53 Å². The van der Waals surface area contributed by atoms with Crippen LogP contribution in [0.4, 0.5) is 0 Å². The molecule has 186 valence electrons. The monoisotopic (exact) mass is 503 g/mol. The Morgan fingerprint density at radius 1 is 1.06 bits per heavy atom. The molecule has 0 aliphatic carbocycles. The normalized spacial score (nSPS) is 12.0. The number of amides is 1. The van der Waals surface area contributed by atoms with Crippen LogP contribution in [0.5, 0.6) is 0 Å². The Balaban J connectivity index is 1.73. The van der Waals surface area contributed by atoms with E-state index in [1.165, 1.54) is 0 Å². The Labute approximate surface area is 216 Å². The van der Waals surface area contributed by atoms with Crippen LogP contribution in [0.1, 0.15) is 43.3 Å². The van der Waals surface area contributed by atoms with Crippen molar-refractivity contribution in [3.8, 4) is 5.69 Å². The van der Waals surface area contributed by atoms with Gasteiger partial charge < -0.3 is 9.64 Å². The maximum atomic E-state index is 13.7. The van der Waals surface area contributed by atoms with Crippen LogP contribution in [0.3, 0.4) is 0 Å². The molecule has 0 aliphatic rings. The van der Waals surface area contributed by atoms with Crippen LogP contribution in [0.2, 0.25) is 5.02 Å². The molecule has 1 aromatic heterocycles. The third-order valence-electron chi connectivity index (χ3n) is 6.24. The molecular formula is C29H30ClN3O3. The SMILES string of the molecule is CCCN(C(=O)COCc1ccccc1)C(C)c1nc2ccccc2c(=O)n1-c1cccc(Cl)c1C. The van der Waals surface area contributed by atoms with Crippen molar-refractivity contribution in [2.45, 2.75) is 39.8 Å². The Hall–Kier alpha value is -3.48. The van der Waals surface area contributed by atoms with Gasteiger partial charge in [0.15, 0.2) is 0 Å². The van der Waals surface area contributed by atoms with Gasteiger partial charge in [-0.25, -0.2) is 4.98 Å². The Morgan fingerprint density at radius 3 is 2.53 bits per heavy atom. The van der Waals surface area contributed by atoms with Crippen LogP contribution in [-0.2, 0) is 16.1 Å². The highest BCUT2D eigenvalue weighted by atomic mass is 35.5. The number of hydrogen-bond donors (Lipinski definition) is 0. The molecule has 0 aliphatic heterocycles. The standard InChI is InChI=1S/C29H30ClN3O3/c1-4-17-32(27(34)19-36-18-22-11-6-5-7-12-22)21(3)28-31-25-15-9-8-13-23(25)29(35)33(28)26-16-10-14-24(30)20(26)2/h5-16,21H,4,17-19H2,1-3H3. The van der Waals surface area contributed by atoms with Crippen molar-refractivity contribution in [3.63, 3.8) is 0 Å². The summed E-state index contributed by atoms with van der Waals surface area (Å²) in [6, 6.07) is 22.0. The quantitative estimate of drug-likeness (QED) is 0.287. The van der Waals surface area contributed by atoms with E-state index in [-0.39, 0.29) is 18.1 Å². The van der Waals surface area contributed by atoms with Gasteiger partial charge in [0.2, 0.25) is 5.91 Å². The number of rotatable bonds is 9. The lowest BCUT2D eigenvalue weighted by molar-refractivity contribution is -0.139. The second kappa shape index (κ2) is 11.5. The third-order valence-corrected chi connectivity index (χ3v) is 6.65. The lowest BCUT2D eigenvalue weighted by atomic mass is 10.1. The number of para-hydroxylation sites is 1. The molecule has 1 amide bonds. The summed E-state index contributed by atoms with van der Waals surface area (Å²) >= 11 is 6.42. The minimum Gasteiger partial charge on any atom is -0.367 e. The van der Waals surface area contributed by atoms with Gasteiger partial charge in [-0.2, -0.15) is 0 Å². The molecule has 7 heteroatoms. The first-order valence-electron chi connectivity index (χ1n) is 12.1. The molecule has 0 bridgehead atoms. The van der Waals surface area contributed by atoms with E-state index in [0.717, 1.165) is 17.5 Å². The molecule has 1 atom stereocenters. The van der Waals surface area contributed by atoms with Crippen molar-refractivity contribution in [2.24, 2.45) is 0 Å². The maximum Gasteiger partial charge on any atom is 0.266 e. The van der Waals surface area contributed by atoms with E-state index in [1.807, 2.05) is 81.4 Å². The summed E-state index contributed by atoms with van der Waals surface area (Å²) in [5.41, 5.74) is 2.81. The largest absolute Gasteiger partial charge is 0.367 e. The molecule has 0 fully saturated rings. The molecule has 0 saturated heterocycles. The van der Waals surface area contributed by atoms with Crippen molar-refractivity contribution >= 4 is 28.4 Å². The first-order valence-corrected chi connectivity index (χ1v) is 12.5. The highest BCUT2D eigenvalue weighted by molar-refractivity contribution is 6.31. The molecule has 4 rings (SSSR count). The van der Waals surface area contributed by atoms with Crippen molar-refractivity contribution in [3.05, 3.63) is 105 Å². The van der Waals surface area contributed by atoms with Crippen LogP contribution in [-0.4, -0.2) is 33.5 Å². The Morgan fingerprint density at radius 2 is 1.78 bits per heavy atom. The van der Waals surface area contributed by atoms with Crippen LogP contribution in [0.25, 0.3) is 16.6 Å². The summed E-state index contributed by atoms with van der Waals surface area (Å²) in [6.07, 6.45) is 0.753. The number of hydrogen-bond acceptors (Lipinski definition) is 4. The van der Waals surface area contributed by atoms with Gasteiger partial charge in [0.25, 0.3) is 5.56 Å². The first kappa shape index (κ1) is 25.6. The van der Waals surface area contributed by atoms with E-state index in [4.69, 9.17) is 21.3 Å². The zero-order chi connectivity index (χ0) is 25.7. The molecule has 0 saturated carbocycles. The number of carbonyl (C=O) groups excluding carboxylic acids is 1. The summed E-state index contributed by atoms with van der Waals surface area (Å²) in [5, 5.41) is 1.06. The molecule has 3 aromatic carbocycles. The summed E-state index contributed by atoms with van der Waals surface area (Å²) in [4.78, 5) is 33.7. The van der Waals surface area contributed by atoms with Crippen LogP contribution >= 0.6 is 11.6 Å². The number of aromatic nitrogens is 2. The van der Waals surface area contributed by atoms with Crippen molar-refractivity contribution in [2.75, 3.05) is 13.2 Å². The average molecular weight is 504 g/mol. The summed E-state index contributed by atoms with van der Waals surface area (Å²) in [6.45, 7) is 6.58. The summed E-state index contributed by atoms with van der Waals surface area (Å²) < 4.78 is 7.33. The molecule has 1 unspecified atom stereocenters. The number of nitrogens with zero attached hydrogens (tertiary/aromatic N) is 3. The van der Waals surface area contributed by atoms with Gasteiger partial charge in [-0.1, -0.05) is 67.1 Å². The fourth-order valence-corrected chi connectivity index (χ4v) is 4.50. The van der Waals surface area contributed by atoms with Gasteiger partial charge in [-0.3, -0.25) is 14.2 Å². The topological polar surface area (TPSA) is 64.4 Å². The average Bonchev–Trinajstić information content (AvgIpc) is 2.89. The first-order chi connectivity index (χ1) is 17.4. The molecule has 0 radical (unpaired) electrons. The molecule has 6 nitrogen and oxygen atoms in total. The molecule has 4 aromatic rings. The fraction of sp³-hybridized carbons (Fsp3) is 0.276. The Bertz CT molecular complexity index is 1420. The van der Waals surface area contributed by atoms with Crippen LogP contribution in [0, 0.1) is 6.92 Å². The third kappa shape index (κ3) is 5.35. The van der Waals surface area contributed by atoms with E-state index >= 15 is 0 Å². The van der Waals surface area contributed by atoms with Gasteiger partial charge >= 0.3 is 0 Å². The summed E-state index contributed by atoms with van der Waals surface area (Å²) in [7, 11) is 0. The smallest absolute Gasteiger partial charge is 0.266 e. The van der Waals surface area contributed by atoms with Gasteiger partial charge in [0.1, 0.15) is 12.4 Å². The van der Waals surface area contributed by atoms with Gasteiger partial charge in [0.05, 0.1) is 29.2 Å². The van der Waals surface area contributed by atoms with Gasteiger partial charge in [-0.05, 0) is 55.7 Å². The molecule has 0 spiro atoms. The number of benzene rings is 3. The minimum atomic E-state index is -0.478. The molecule has 0 N–H and O–H groups in total. The Kier molecular flexibility index (Phi) is 8.18. The second-order valence-corrected chi connectivity index (χ2v) is 9.16. The van der Waals surface area contributed by atoms with Crippen LogP contribution in [0.15, 0.2) is 77.6 Å². The molecule has 1 heterocycles. The second-order valence-electron chi connectivity index (χ2n) is 8.75. The van der Waals surface area contributed by atoms with E-state index in [9.17, 15) is 9.59 Å². The lowest BCUT2D eigenvalue weighted by Gasteiger charge is -2.30. The number of carbonyl (C=O) groups is 1.